The van der Waals surface area contributed by atoms with Gasteiger partial charge in [0.25, 0.3) is 0 Å². The Bertz CT molecular complexity index is 252. The van der Waals surface area contributed by atoms with Gasteiger partial charge in [-0.15, -0.1) is 30.1 Å². The first-order valence-corrected chi connectivity index (χ1v) is 10.6. The van der Waals surface area contributed by atoms with E-state index in [2.05, 4.69) is 30.1 Å². The highest BCUT2D eigenvalue weighted by atomic mass is 32.2. The van der Waals surface area contributed by atoms with Gasteiger partial charge >= 0.3 is 0 Å². The molecule has 0 bridgehead atoms. The van der Waals surface area contributed by atoms with Crippen LogP contribution in [0.1, 0.15) is 51.4 Å². The van der Waals surface area contributed by atoms with Crippen molar-refractivity contribution in [3.05, 3.63) is 12.7 Å². The molecule has 4 heteroatoms. The highest BCUT2D eigenvalue weighted by molar-refractivity contribution is 8.17. The first-order valence-electron chi connectivity index (χ1n) is 8.46. The van der Waals surface area contributed by atoms with Crippen LogP contribution in [0.3, 0.4) is 0 Å². The van der Waals surface area contributed by atoms with Crippen molar-refractivity contribution in [2.75, 3.05) is 24.7 Å². The average Bonchev–Trinajstić information content (AvgIpc) is 2.56. The minimum atomic E-state index is 0.0587. The van der Waals surface area contributed by atoms with Crippen LogP contribution in [0.25, 0.3) is 0 Å². The summed E-state index contributed by atoms with van der Waals surface area (Å²) in [6.45, 7) is 5.59. The van der Waals surface area contributed by atoms with Crippen LogP contribution in [-0.4, -0.2) is 35.6 Å². The van der Waals surface area contributed by atoms with Crippen molar-refractivity contribution in [3.8, 4) is 0 Å². The van der Waals surface area contributed by atoms with Gasteiger partial charge in [-0.2, -0.15) is 0 Å². The van der Waals surface area contributed by atoms with Crippen molar-refractivity contribution in [2.24, 2.45) is 5.92 Å². The van der Waals surface area contributed by atoms with Gasteiger partial charge in [0.2, 0.25) is 0 Å². The highest BCUT2D eigenvalue weighted by Gasteiger charge is 2.19. The molecule has 0 aromatic rings. The molecule has 2 aliphatic rings. The fourth-order valence-electron chi connectivity index (χ4n) is 2.83. The molecule has 2 atom stereocenters. The quantitative estimate of drug-likeness (QED) is 0.548. The third kappa shape index (κ3) is 7.45. The van der Waals surface area contributed by atoms with Gasteiger partial charge in [0.1, 0.15) is 0 Å². The molecule has 2 nitrogen and oxygen atoms in total. The van der Waals surface area contributed by atoms with Crippen LogP contribution in [-0.2, 0) is 9.47 Å². The van der Waals surface area contributed by atoms with E-state index in [9.17, 15) is 0 Å². The van der Waals surface area contributed by atoms with Gasteiger partial charge in [0, 0.05) is 6.61 Å². The first kappa shape index (κ1) is 17.7. The molecule has 0 N–H and O–H groups in total. The van der Waals surface area contributed by atoms with Gasteiger partial charge in [-0.25, -0.2) is 0 Å². The predicted molar refractivity (Wildman–Crippen MR) is 95.0 cm³/mol. The zero-order chi connectivity index (χ0) is 14.8. The van der Waals surface area contributed by atoms with Crippen LogP contribution in [0.2, 0.25) is 0 Å². The molecule has 0 aromatic carbocycles. The van der Waals surface area contributed by atoms with Crippen molar-refractivity contribution in [1.29, 1.82) is 0 Å². The van der Waals surface area contributed by atoms with Gasteiger partial charge < -0.3 is 9.47 Å². The fraction of sp³-hybridized carbons (Fsp3) is 0.882. The zero-order valence-corrected chi connectivity index (χ0v) is 14.8. The number of allylic oxidation sites excluding steroid dienone is 1. The van der Waals surface area contributed by atoms with Crippen molar-refractivity contribution < 1.29 is 9.47 Å². The van der Waals surface area contributed by atoms with Crippen LogP contribution in [0.5, 0.6) is 0 Å². The normalized spacial score (nSPS) is 25.6. The SMILES string of the molecule is C=CCCC(CCC1SCCCS1)COC1CCCCO1. The van der Waals surface area contributed by atoms with E-state index in [0.717, 1.165) is 30.6 Å². The predicted octanol–water partition coefficient (Wildman–Crippen LogP) is 5.09. The number of hydrogen-bond donors (Lipinski definition) is 0. The molecule has 0 radical (unpaired) electrons. The molecular formula is C17H30O2S2. The Hall–Kier alpha value is 0.360. The monoisotopic (exact) mass is 330 g/mol. The third-order valence-electron chi connectivity index (χ3n) is 4.14. The van der Waals surface area contributed by atoms with E-state index in [-0.39, 0.29) is 6.29 Å². The van der Waals surface area contributed by atoms with E-state index in [4.69, 9.17) is 9.47 Å². The lowest BCUT2D eigenvalue weighted by Crippen LogP contribution is -2.25. The first-order chi connectivity index (χ1) is 10.4. The summed E-state index contributed by atoms with van der Waals surface area (Å²) >= 11 is 4.30. The smallest absolute Gasteiger partial charge is 0.157 e. The summed E-state index contributed by atoms with van der Waals surface area (Å²) in [5.74, 6) is 3.36. The Morgan fingerprint density at radius 2 is 2.05 bits per heavy atom. The summed E-state index contributed by atoms with van der Waals surface area (Å²) in [6.07, 6.45) is 11.9. The average molecular weight is 331 g/mol. The maximum absolute atomic E-state index is 6.01. The molecule has 2 saturated heterocycles. The lowest BCUT2D eigenvalue weighted by molar-refractivity contribution is -0.169. The van der Waals surface area contributed by atoms with Crippen LogP contribution in [0, 0.1) is 5.92 Å². The van der Waals surface area contributed by atoms with Crippen molar-refractivity contribution >= 4 is 23.5 Å². The van der Waals surface area contributed by atoms with Gasteiger partial charge in [0.15, 0.2) is 6.29 Å². The Morgan fingerprint density at radius 3 is 2.76 bits per heavy atom. The van der Waals surface area contributed by atoms with Crippen LogP contribution >= 0.6 is 23.5 Å². The molecule has 2 heterocycles. The molecule has 0 aromatic heterocycles. The maximum atomic E-state index is 6.01. The minimum absolute atomic E-state index is 0.0587. The van der Waals surface area contributed by atoms with E-state index < -0.39 is 0 Å². The second-order valence-electron chi connectivity index (χ2n) is 5.96. The summed E-state index contributed by atoms with van der Waals surface area (Å²) in [5.41, 5.74) is 0. The fourth-order valence-corrected chi connectivity index (χ4v) is 5.72. The number of rotatable bonds is 9. The molecule has 0 saturated carbocycles. The second kappa shape index (κ2) is 11.0. The number of thioether (sulfide) groups is 2. The van der Waals surface area contributed by atoms with Gasteiger partial charge in [0.05, 0.1) is 11.2 Å². The summed E-state index contributed by atoms with van der Waals surface area (Å²) in [6, 6.07) is 0. The maximum Gasteiger partial charge on any atom is 0.157 e. The molecule has 122 valence electrons. The Labute approximate surface area is 138 Å². The van der Waals surface area contributed by atoms with E-state index in [1.807, 2.05) is 6.08 Å². The van der Waals surface area contributed by atoms with E-state index in [0.29, 0.717) is 5.92 Å². The topological polar surface area (TPSA) is 18.5 Å². The summed E-state index contributed by atoms with van der Waals surface area (Å²) in [4.78, 5) is 0. The Morgan fingerprint density at radius 1 is 1.19 bits per heavy atom. The molecule has 21 heavy (non-hydrogen) atoms. The number of hydrogen-bond acceptors (Lipinski definition) is 4. The Balaban J connectivity index is 1.66. The van der Waals surface area contributed by atoms with Crippen LogP contribution in [0.4, 0.5) is 0 Å². The van der Waals surface area contributed by atoms with Gasteiger partial charge in [-0.3, -0.25) is 0 Å². The summed E-state index contributed by atoms with van der Waals surface area (Å²) in [5, 5.41) is 0. The number of ether oxygens (including phenoxy) is 2. The van der Waals surface area contributed by atoms with E-state index in [1.54, 1.807) is 0 Å². The molecule has 2 rings (SSSR count). The Kier molecular flexibility index (Phi) is 9.26. The third-order valence-corrected chi connectivity index (χ3v) is 7.22. The van der Waals surface area contributed by atoms with Crippen LogP contribution in [0.15, 0.2) is 12.7 Å². The standard InChI is InChI=1S/C17H30O2S2/c1-2-3-7-15(9-10-17-20-12-6-13-21-17)14-19-16-8-4-5-11-18-16/h2,15-17H,1,3-14H2. The van der Waals surface area contributed by atoms with Crippen LogP contribution < -0.4 is 0 Å². The molecule has 0 amide bonds. The second-order valence-corrected chi connectivity index (χ2v) is 8.88. The van der Waals surface area contributed by atoms with E-state index >= 15 is 0 Å². The molecule has 0 aliphatic carbocycles. The minimum Gasteiger partial charge on any atom is -0.353 e. The largest absolute Gasteiger partial charge is 0.353 e. The van der Waals surface area contributed by atoms with Crippen molar-refractivity contribution in [1.82, 2.24) is 0 Å². The highest BCUT2D eigenvalue weighted by Crippen LogP contribution is 2.35. The van der Waals surface area contributed by atoms with Gasteiger partial charge in [-0.05, 0) is 68.8 Å². The lowest BCUT2D eigenvalue weighted by atomic mass is 9.99. The van der Waals surface area contributed by atoms with Crippen molar-refractivity contribution in [2.45, 2.75) is 62.2 Å². The molecule has 2 fully saturated rings. The van der Waals surface area contributed by atoms with Crippen molar-refractivity contribution in [3.63, 3.8) is 0 Å². The molecule has 2 aliphatic heterocycles. The summed E-state index contributed by atoms with van der Waals surface area (Å²) < 4.78 is 12.5. The molecule has 2 unspecified atom stereocenters. The molecule has 0 spiro atoms. The molecular weight excluding hydrogens is 300 g/mol. The zero-order valence-electron chi connectivity index (χ0n) is 13.1. The van der Waals surface area contributed by atoms with E-state index in [1.165, 1.54) is 50.0 Å². The lowest BCUT2D eigenvalue weighted by Gasteiger charge is -2.27. The summed E-state index contributed by atoms with van der Waals surface area (Å²) in [7, 11) is 0. The van der Waals surface area contributed by atoms with Gasteiger partial charge in [-0.1, -0.05) is 6.08 Å².